The maximum absolute atomic E-state index is 13.1. The highest BCUT2D eigenvalue weighted by molar-refractivity contribution is 6.21. The van der Waals surface area contributed by atoms with Crippen LogP contribution in [0.1, 0.15) is 21.5 Å². The molecular formula is C21H18FN3O3. The summed E-state index contributed by atoms with van der Waals surface area (Å²) in [6, 6.07) is 7.95. The fraction of sp³-hybridized carbons (Fsp3) is 0.143. The lowest BCUT2D eigenvalue weighted by Gasteiger charge is -2.11. The smallest absolute Gasteiger partial charge is 0.252 e. The van der Waals surface area contributed by atoms with E-state index in [1.807, 2.05) is 0 Å². The average molecular weight is 379 g/mol. The third-order valence-electron chi connectivity index (χ3n) is 4.87. The van der Waals surface area contributed by atoms with Crippen LogP contribution in [0.2, 0.25) is 0 Å². The zero-order valence-electron chi connectivity index (χ0n) is 15.3. The molecule has 3 N–H and O–H groups in total. The third kappa shape index (κ3) is 2.72. The standard InChI is InChI=1S/C21H18FN3O3/c1-23-20(27)16-14-8-12(7-11-3-5-13(22)6-4-11)9-24-18(14)19(26)17-15(16)10-25(2)21(17)28/h3-6,8-10,26,28H,7H2,1-2H3,(H,23,27). The Morgan fingerprint density at radius 3 is 2.57 bits per heavy atom. The Hall–Kier alpha value is -3.61. The van der Waals surface area contributed by atoms with Crippen LogP contribution in [0.15, 0.2) is 42.7 Å². The second kappa shape index (κ2) is 6.53. The highest BCUT2D eigenvalue weighted by Gasteiger charge is 2.23. The highest BCUT2D eigenvalue weighted by Crippen LogP contribution is 2.42. The van der Waals surface area contributed by atoms with Gasteiger partial charge in [0.2, 0.25) is 5.88 Å². The Labute approximate surface area is 159 Å². The van der Waals surface area contributed by atoms with Crippen molar-refractivity contribution in [2.24, 2.45) is 7.05 Å². The molecule has 0 aliphatic carbocycles. The molecule has 0 aliphatic rings. The van der Waals surface area contributed by atoms with Crippen molar-refractivity contribution in [3.8, 4) is 11.6 Å². The van der Waals surface area contributed by atoms with Crippen LogP contribution in [0.25, 0.3) is 21.7 Å². The van der Waals surface area contributed by atoms with E-state index in [0.717, 1.165) is 11.1 Å². The first-order valence-electron chi connectivity index (χ1n) is 8.68. The first kappa shape index (κ1) is 17.8. The molecule has 4 rings (SSSR count). The number of phenolic OH excluding ortho intramolecular Hbond substituents is 1. The highest BCUT2D eigenvalue weighted by atomic mass is 19.1. The molecule has 142 valence electrons. The number of fused-ring (bicyclic) bond motifs is 2. The fourth-order valence-electron chi connectivity index (χ4n) is 3.49. The number of amides is 1. The summed E-state index contributed by atoms with van der Waals surface area (Å²) >= 11 is 0. The molecule has 0 spiro atoms. The summed E-state index contributed by atoms with van der Waals surface area (Å²) in [5.41, 5.74) is 2.26. The number of aromatic hydroxyl groups is 2. The summed E-state index contributed by atoms with van der Waals surface area (Å²) in [4.78, 5) is 17.0. The van der Waals surface area contributed by atoms with E-state index < -0.39 is 0 Å². The van der Waals surface area contributed by atoms with Crippen LogP contribution in [0.4, 0.5) is 4.39 Å². The van der Waals surface area contributed by atoms with E-state index in [0.29, 0.717) is 22.8 Å². The van der Waals surface area contributed by atoms with Crippen LogP contribution in [0.5, 0.6) is 11.6 Å². The maximum Gasteiger partial charge on any atom is 0.252 e. The predicted molar refractivity (Wildman–Crippen MR) is 104 cm³/mol. The van der Waals surface area contributed by atoms with Gasteiger partial charge in [0, 0.05) is 37.3 Å². The van der Waals surface area contributed by atoms with Gasteiger partial charge in [0.25, 0.3) is 5.91 Å². The van der Waals surface area contributed by atoms with Gasteiger partial charge in [0.1, 0.15) is 11.3 Å². The van der Waals surface area contributed by atoms with Crippen LogP contribution < -0.4 is 5.32 Å². The van der Waals surface area contributed by atoms with Crippen molar-refractivity contribution < 1.29 is 19.4 Å². The first-order valence-corrected chi connectivity index (χ1v) is 8.68. The van der Waals surface area contributed by atoms with E-state index in [9.17, 15) is 19.4 Å². The molecule has 2 aromatic carbocycles. The van der Waals surface area contributed by atoms with Crippen molar-refractivity contribution in [2.75, 3.05) is 7.05 Å². The quantitative estimate of drug-likeness (QED) is 0.510. The molecule has 0 saturated heterocycles. The number of nitrogens with zero attached hydrogens (tertiary/aromatic N) is 2. The first-order chi connectivity index (χ1) is 13.4. The number of aromatic nitrogens is 2. The SMILES string of the molecule is CNC(=O)c1c2cc(Cc3ccc(F)cc3)cnc2c(O)c2c(O)n(C)cc12. The van der Waals surface area contributed by atoms with E-state index in [2.05, 4.69) is 10.3 Å². The lowest BCUT2D eigenvalue weighted by molar-refractivity contribution is 0.0966. The number of hydrogen-bond donors (Lipinski definition) is 3. The van der Waals surface area contributed by atoms with Crippen molar-refractivity contribution in [3.05, 3.63) is 65.2 Å². The number of hydrogen-bond acceptors (Lipinski definition) is 4. The van der Waals surface area contributed by atoms with E-state index in [-0.39, 0.29) is 34.3 Å². The molecule has 7 heteroatoms. The van der Waals surface area contributed by atoms with Gasteiger partial charge >= 0.3 is 0 Å². The van der Waals surface area contributed by atoms with E-state index in [4.69, 9.17) is 0 Å². The number of pyridine rings is 1. The second-order valence-corrected chi connectivity index (χ2v) is 6.70. The summed E-state index contributed by atoms with van der Waals surface area (Å²) in [5, 5.41) is 24.7. The number of phenols is 1. The summed E-state index contributed by atoms with van der Waals surface area (Å²) in [6.45, 7) is 0. The zero-order valence-corrected chi connectivity index (χ0v) is 15.3. The normalized spacial score (nSPS) is 11.2. The topological polar surface area (TPSA) is 87.4 Å². The maximum atomic E-state index is 13.1. The summed E-state index contributed by atoms with van der Waals surface area (Å²) < 4.78 is 14.6. The molecule has 2 heterocycles. The van der Waals surface area contributed by atoms with Gasteiger partial charge < -0.3 is 20.1 Å². The molecule has 0 radical (unpaired) electrons. The molecule has 0 unspecified atom stereocenters. The van der Waals surface area contributed by atoms with E-state index in [1.165, 1.54) is 23.7 Å². The van der Waals surface area contributed by atoms with Crippen LogP contribution in [0, 0.1) is 5.82 Å². The van der Waals surface area contributed by atoms with Gasteiger partial charge in [-0.05, 0) is 35.7 Å². The number of rotatable bonds is 3. The zero-order chi connectivity index (χ0) is 20.0. The largest absolute Gasteiger partial charge is 0.505 e. The lowest BCUT2D eigenvalue weighted by atomic mass is 9.97. The number of aryl methyl sites for hydroxylation is 1. The molecule has 1 amide bonds. The minimum atomic E-state index is -0.346. The Morgan fingerprint density at radius 2 is 1.89 bits per heavy atom. The monoisotopic (exact) mass is 379 g/mol. The minimum Gasteiger partial charge on any atom is -0.505 e. The van der Waals surface area contributed by atoms with Gasteiger partial charge in [-0.15, -0.1) is 0 Å². The van der Waals surface area contributed by atoms with Crippen LogP contribution in [-0.4, -0.2) is 32.7 Å². The van der Waals surface area contributed by atoms with Gasteiger partial charge in [-0.2, -0.15) is 0 Å². The van der Waals surface area contributed by atoms with Gasteiger partial charge in [-0.3, -0.25) is 9.78 Å². The minimum absolute atomic E-state index is 0.142. The fourth-order valence-corrected chi connectivity index (χ4v) is 3.49. The number of nitrogens with one attached hydrogen (secondary N) is 1. The molecular weight excluding hydrogens is 361 g/mol. The van der Waals surface area contributed by atoms with Crippen LogP contribution in [0.3, 0.4) is 0 Å². The average Bonchev–Trinajstić information content (AvgIpc) is 2.98. The van der Waals surface area contributed by atoms with Crippen molar-refractivity contribution in [2.45, 2.75) is 6.42 Å². The molecule has 4 aromatic rings. The number of benzene rings is 2. The van der Waals surface area contributed by atoms with Crippen LogP contribution in [-0.2, 0) is 13.5 Å². The summed E-state index contributed by atoms with van der Waals surface area (Å²) in [5.74, 6) is -0.972. The van der Waals surface area contributed by atoms with Crippen LogP contribution >= 0.6 is 0 Å². The molecule has 28 heavy (non-hydrogen) atoms. The molecule has 6 nitrogen and oxygen atoms in total. The lowest BCUT2D eigenvalue weighted by Crippen LogP contribution is -2.18. The Morgan fingerprint density at radius 1 is 1.18 bits per heavy atom. The molecule has 0 aliphatic heterocycles. The Balaban J connectivity index is 1.97. The van der Waals surface area contributed by atoms with Crippen molar-refractivity contribution >= 4 is 27.6 Å². The van der Waals surface area contributed by atoms with Crippen molar-refractivity contribution in [1.82, 2.24) is 14.9 Å². The van der Waals surface area contributed by atoms with E-state index >= 15 is 0 Å². The molecule has 0 saturated carbocycles. The van der Waals surface area contributed by atoms with Crippen molar-refractivity contribution in [1.29, 1.82) is 0 Å². The Bertz CT molecular complexity index is 1230. The van der Waals surface area contributed by atoms with Gasteiger partial charge in [-0.25, -0.2) is 4.39 Å². The summed E-state index contributed by atoms with van der Waals surface area (Å²) in [6.07, 6.45) is 3.70. The number of carbonyl (C=O) groups is 1. The number of halogens is 1. The predicted octanol–water partition coefficient (Wildman–Crippen LogP) is 3.23. The molecule has 2 aromatic heterocycles. The van der Waals surface area contributed by atoms with Crippen molar-refractivity contribution in [3.63, 3.8) is 0 Å². The second-order valence-electron chi connectivity index (χ2n) is 6.70. The Kier molecular flexibility index (Phi) is 4.15. The summed E-state index contributed by atoms with van der Waals surface area (Å²) in [7, 11) is 3.14. The van der Waals surface area contributed by atoms with Gasteiger partial charge in [-0.1, -0.05) is 12.1 Å². The molecule has 0 bridgehead atoms. The van der Waals surface area contributed by atoms with Gasteiger partial charge in [0.15, 0.2) is 5.75 Å². The molecule has 0 fully saturated rings. The molecule has 0 atom stereocenters. The third-order valence-corrected chi connectivity index (χ3v) is 4.87. The number of carbonyl (C=O) groups excluding carboxylic acids is 1. The van der Waals surface area contributed by atoms with Gasteiger partial charge in [0.05, 0.1) is 10.9 Å². The van der Waals surface area contributed by atoms with E-state index in [1.54, 1.807) is 37.6 Å².